The van der Waals surface area contributed by atoms with Gasteiger partial charge < -0.3 is 14.4 Å². The smallest absolute Gasteiger partial charge is 0.233 e. The lowest BCUT2D eigenvalue weighted by Crippen LogP contribution is -2.32. The van der Waals surface area contributed by atoms with Crippen molar-refractivity contribution < 1.29 is 14.3 Å². The molecule has 1 aromatic heterocycles. The van der Waals surface area contributed by atoms with Gasteiger partial charge in [-0.3, -0.25) is 4.79 Å². The van der Waals surface area contributed by atoms with Gasteiger partial charge in [0.2, 0.25) is 5.91 Å². The number of fused-ring (bicyclic) bond motifs is 2. The van der Waals surface area contributed by atoms with Crippen molar-refractivity contribution in [1.29, 1.82) is 0 Å². The summed E-state index contributed by atoms with van der Waals surface area (Å²) in [4.78, 5) is 19.8. The molecule has 1 atom stereocenters. The Hall–Kier alpha value is -2.73. The molecule has 0 bridgehead atoms. The summed E-state index contributed by atoms with van der Waals surface area (Å²) in [5, 5.41) is 2.06. The third-order valence-electron chi connectivity index (χ3n) is 5.77. The first-order chi connectivity index (χ1) is 14.7. The monoisotopic (exact) mass is 420 g/mol. The molecule has 0 radical (unpaired) electrons. The maximum absolute atomic E-state index is 13.1. The van der Waals surface area contributed by atoms with Crippen molar-refractivity contribution in [2.45, 2.75) is 30.8 Å². The summed E-state index contributed by atoms with van der Waals surface area (Å²) in [5.74, 6) is 2.12. The third-order valence-corrected chi connectivity index (χ3v) is 6.66. The van der Waals surface area contributed by atoms with Crippen molar-refractivity contribution in [2.75, 3.05) is 25.5 Å². The number of pyridine rings is 1. The van der Waals surface area contributed by atoms with Gasteiger partial charge in [0.15, 0.2) is 11.5 Å². The van der Waals surface area contributed by atoms with E-state index in [2.05, 4.69) is 25.1 Å². The van der Waals surface area contributed by atoms with E-state index in [1.54, 1.807) is 0 Å². The molecular formula is C24H24N2O3S. The number of thioether (sulfide) groups is 1. The molecule has 3 heterocycles. The highest BCUT2D eigenvalue weighted by molar-refractivity contribution is 7.99. The van der Waals surface area contributed by atoms with Crippen LogP contribution in [0.3, 0.4) is 0 Å². The molecule has 1 unspecified atom stereocenters. The first-order valence-corrected chi connectivity index (χ1v) is 11.4. The second kappa shape index (κ2) is 8.19. The molecule has 2 aliphatic heterocycles. The molecule has 2 aromatic carbocycles. The third kappa shape index (κ3) is 3.72. The van der Waals surface area contributed by atoms with Crippen LogP contribution < -0.4 is 9.47 Å². The highest BCUT2D eigenvalue weighted by Crippen LogP contribution is 2.38. The Labute approximate surface area is 180 Å². The summed E-state index contributed by atoms with van der Waals surface area (Å²) >= 11 is 1.52. The van der Waals surface area contributed by atoms with Gasteiger partial charge in [-0.2, -0.15) is 0 Å². The number of aryl methyl sites for hydroxylation is 1. The van der Waals surface area contributed by atoms with Gasteiger partial charge in [-0.05, 0) is 55.2 Å². The Kier molecular flexibility index (Phi) is 5.25. The number of hydrogen-bond donors (Lipinski definition) is 0. The quantitative estimate of drug-likeness (QED) is 0.569. The zero-order valence-electron chi connectivity index (χ0n) is 17.0. The number of amides is 1. The number of aromatic nitrogens is 1. The molecule has 1 amide bonds. The van der Waals surface area contributed by atoms with E-state index in [0.717, 1.165) is 52.4 Å². The first kappa shape index (κ1) is 19.2. The molecule has 5 nitrogen and oxygen atoms in total. The number of carbonyl (C=O) groups is 1. The minimum atomic E-state index is 0.0974. The number of nitrogens with zero attached hydrogens (tertiary/aromatic N) is 2. The molecule has 0 spiro atoms. The van der Waals surface area contributed by atoms with Crippen LogP contribution in [-0.4, -0.2) is 41.3 Å². The van der Waals surface area contributed by atoms with Gasteiger partial charge in [-0.15, -0.1) is 0 Å². The van der Waals surface area contributed by atoms with Crippen LogP contribution in [0.4, 0.5) is 0 Å². The van der Waals surface area contributed by atoms with Crippen molar-refractivity contribution in [2.24, 2.45) is 0 Å². The minimum Gasteiger partial charge on any atom is -0.486 e. The topological polar surface area (TPSA) is 51.7 Å². The molecule has 30 heavy (non-hydrogen) atoms. The van der Waals surface area contributed by atoms with E-state index in [0.29, 0.717) is 19.0 Å². The van der Waals surface area contributed by atoms with Crippen molar-refractivity contribution in [1.82, 2.24) is 9.88 Å². The van der Waals surface area contributed by atoms with Crippen molar-refractivity contribution in [3.05, 3.63) is 59.7 Å². The Balaban J connectivity index is 1.30. The Morgan fingerprint density at radius 3 is 2.87 bits per heavy atom. The van der Waals surface area contributed by atoms with Crippen LogP contribution in [0.1, 0.15) is 30.0 Å². The summed E-state index contributed by atoms with van der Waals surface area (Å²) in [5.41, 5.74) is 3.28. The molecule has 0 aliphatic carbocycles. The lowest BCUT2D eigenvalue weighted by Gasteiger charge is -2.26. The Morgan fingerprint density at radius 2 is 1.97 bits per heavy atom. The number of para-hydroxylation sites is 1. The fourth-order valence-electron chi connectivity index (χ4n) is 4.29. The van der Waals surface area contributed by atoms with Gasteiger partial charge in [-0.25, -0.2) is 4.98 Å². The fourth-order valence-corrected chi connectivity index (χ4v) is 5.15. The number of benzene rings is 2. The molecule has 1 fully saturated rings. The predicted molar refractivity (Wildman–Crippen MR) is 118 cm³/mol. The van der Waals surface area contributed by atoms with Crippen LogP contribution in [0.2, 0.25) is 0 Å². The molecule has 154 valence electrons. The first-order valence-electron chi connectivity index (χ1n) is 10.4. The van der Waals surface area contributed by atoms with Gasteiger partial charge in [0.1, 0.15) is 13.2 Å². The largest absolute Gasteiger partial charge is 0.486 e. The average Bonchev–Trinajstić information content (AvgIpc) is 3.27. The van der Waals surface area contributed by atoms with E-state index in [9.17, 15) is 4.79 Å². The number of likely N-dealkylation sites (tertiary alicyclic amines) is 1. The van der Waals surface area contributed by atoms with Crippen molar-refractivity contribution >= 4 is 28.6 Å². The van der Waals surface area contributed by atoms with E-state index in [4.69, 9.17) is 14.5 Å². The molecule has 1 saturated heterocycles. The highest BCUT2D eigenvalue weighted by Gasteiger charge is 2.30. The lowest BCUT2D eigenvalue weighted by molar-refractivity contribution is -0.129. The van der Waals surface area contributed by atoms with Crippen LogP contribution in [0.25, 0.3) is 10.9 Å². The number of rotatable bonds is 4. The second-order valence-electron chi connectivity index (χ2n) is 7.73. The molecule has 2 aliphatic rings. The molecule has 3 aromatic rings. The summed E-state index contributed by atoms with van der Waals surface area (Å²) in [7, 11) is 0. The summed E-state index contributed by atoms with van der Waals surface area (Å²) in [6, 6.07) is 16.3. The van der Waals surface area contributed by atoms with E-state index in [1.807, 2.05) is 35.2 Å². The van der Waals surface area contributed by atoms with Crippen molar-refractivity contribution in [3.63, 3.8) is 0 Å². The van der Waals surface area contributed by atoms with Crippen LogP contribution in [0.15, 0.2) is 53.6 Å². The van der Waals surface area contributed by atoms with Gasteiger partial charge in [-0.1, -0.05) is 36.0 Å². The normalized spacial score (nSPS) is 18.0. The zero-order chi connectivity index (χ0) is 20.5. The molecule has 0 N–H and O–H groups in total. The number of carbonyl (C=O) groups excluding carboxylic acids is 1. The SMILES string of the molecule is Cc1cc(SCC(=O)N2CCCC2c2ccc3c(c2)OCCO3)nc2ccccc12. The van der Waals surface area contributed by atoms with Crippen LogP contribution in [0, 0.1) is 6.92 Å². The van der Waals surface area contributed by atoms with Gasteiger partial charge in [0.05, 0.1) is 22.3 Å². The molecule has 5 rings (SSSR count). The zero-order valence-corrected chi connectivity index (χ0v) is 17.8. The molecular weight excluding hydrogens is 396 g/mol. The van der Waals surface area contributed by atoms with Crippen LogP contribution in [0.5, 0.6) is 11.5 Å². The summed E-state index contributed by atoms with van der Waals surface area (Å²) in [6.45, 7) is 4.04. The Bertz CT molecular complexity index is 1100. The lowest BCUT2D eigenvalue weighted by atomic mass is 10.0. The number of ether oxygens (including phenoxy) is 2. The molecule has 0 saturated carbocycles. The van der Waals surface area contributed by atoms with Gasteiger partial charge in [0.25, 0.3) is 0 Å². The summed E-state index contributed by atoms with van der Waals surface area (Å²) < 4.78 is 11.4. The van der Waals surface area contributed by atoms with E-state index >= 15 is 0 Å². The molecule has 6 heteroatoms. The van der Waals surface area contributed by atoms with E-state index < -0.39 is 0 Å². The standard InChI is InChI=1S/C24H24N2O3S/c1-16-13-23(25-19-6-3-2-5-18(16)19)30-15-24(27)26-10-4-7-20(26)17-8-9-21-22(14-17)29-12-11-28-21/h2-3,5-6,8-9,13-14,20H,4,7,10-12,15H2,1H3. The number of hydrogen-bond acceptors (Lipinski definition) is 5. The van der Waals surface area contributed by atoms with Crippen LogP contribution >= 0.6 is 11.8 Å². The predicted octanol–water partition coefficient (Wildman–Crippen LogP) is 4.77. The maximum Gasteiger partial charge on any atom is 0.233 e. The van der Waals surface area contributed by atoms with E-state index in [-0.39, 0.29) is 11.9 Å². The van der Waals surface area contributed by atoms with Crippen molar-refractivity contribution in [3.8, 4) is 11.5 Å². The minimum absolute atomic E-state index is 0.0974. The summed E-state index contributed by atoms with van der Waals surface area (Å²) in [6.07, 6.45) is 1.99. The van der Waals surface area contributed by atoms with Crippen LogP contribution in [-0.2, 0) is 4.79 Å². The average molecular weight is 421 g/mol. The van der Waals surface area contributed by atoms with E-state index in [1.165, 1.54) is 17.3 Å². The highest BCUT2D eigenvalue weighted by atomic mass is 32.2. The second-order valence-corrected chi connectivity index (χ2v) is 8.73. The maximum atomic E-state index is 13.1. The van der Waals surface area contributed by atoms with Gasteiger partial charge >= 0.3 is 0 Å². The Morgan fingerprint density at radius 1 is 1.13 bits per heavy atom. The fraction of sp³-hybridized carbons (Fsp3) is 0.333. The van der Waals surface area contributed by atoms with Gasteiger partial charge in [0, 0.05) is 11.9 Å².